The van der Waals surface area contributed by atoms with Gasteiger partial charge in [-0.05, 0) is 18.8 Å². The Kier molecular flexibility index (Phi) is 3.93. The van der Waals surface area contributed by atoms with Crippen LogP contribution in [0.1, 0.15) is 33.6 Å². The first-order valence-electron chi connectivity index (χ1n) is 5.49. The lowest BCUT2D eigenvalue weighted by Crippen LogP contribution is -2.41. The first-order chi connectivity index (χ1) is 6.57. The Morgan fingerprint density at radius 1 is 1.50 bits per heavy atom. The molecule has 1 heterocycles. The van der Waals surface area contributed by atoms with E-state index in [9.17, 15) is 4.79 Å². The molecular formula is C11H21NO2. The SMILES string of the molecule is CC(C)C(C)C(=O)N1CCCC1CO. The van der Waals surface area contributed by atoms with Crippen LogP contribution in [0.15, 0.2) is 0 Å². The summed E-state index contributed by atoms with van der Waals surface area (Å²) in [5.74, 6) is 0.654. The maximum atomic E-state index is 12.0. The van der Waals surface area contributed by atoms with Crippen molar-refractivity contribution in [1.29, 1.82) is 0 Å². The summed E-state index contributed by atoms with van der Waals surface area (Å²) in [5.41, 5.74) is 0. The Labute approximate surface area is 86.1 Å². The predicted octanol–water partition coefficient (Wildman–Crippen LogP) is 1.26. The number of hydrogen-bond acceptors (Lipinski definition) is 2. The van der Waals surface area contributed by atoms with Crippen LogP contribution in [-0.4, -0.2) is 35.1 Å². The van der Waals surface area contributed by atoms with Gasteiger partial charge in [0, 0.05) is 12.5 Å². The Balaban J connectivity index is 2.59. The second kappa shape index (κ2) is 4.78. The van der Waals surface area contributed by atoms with Gasteiger partial charge in [-0.3, -0.25) is 4.79 Å². The van der Waals surface area contributed by atoms with E-state index in [0.717, 1.165) is 19.4 Å². The molecule has 0 aliphatic carbocycles. The van der Waals surface area contributed by atoms with Crippen molar-refractivity contribution >= 4 is 5.91 Å². The van der Waals surface area contributed by atoms with Gasteiger partial charge in [-0.2, -0.15) is 0 Å². The zero-order valence-electron chi connectivity index (χ0n) is 9.36. The van der Waals surface area contributed by atoms with Crippen molar-refractivity contribution in [3.05, 3.63) is 0 Å². The van der Waals surface area contributed by atoms with Gasteiger partial charge in [-0.1, -0.05) is 20.8 Å². The van der Waals surface area contributed by atoms with Gasteiger partial charge in [0.15, 0.2) is 0 Å². The molecule has 1 aliphatic rings. The first-order valence-corrected chi connectivity index (χ1v) is 5.49. The highest BCUT2D eigenvalue weighted by Gasteiger charge is 2.31. The fourth-order valence-corrected chi connectivity index (χ4v) is 1.86. The van der Waals surface area contributed by atoms with Gasteiger partial charge in [-0.25, -0.2) is 0 Å². The van der Waals surface area contributed by atoms with E-state index in [4.69, 9.17) is 5.11 Å². The van der Waals surface area contributed by atoms with E-state index in [-0.39, 0.29) is 24.5 Å². The van der Waals surface area contributed by atoms with Crippen molar-refractivity contribution in [3.63, 3.8) is 0 Å². The molecule has 1 aliphatic heterocycles. The fraction of sp³-hybridized carbons (Fsp3) is 0.909. The average Bonchev–Trinajstić information content (AvgIpc) is 2.62. The van der Waals surface area contributed by atoms with E-state index in [0.29, 0.717) is 5.92 Å². The number of nitrogens with zero attached hydrogens (tertiary/aromatic N) is 1. The minimum atomic E-state index is 0.0714. The number of carbonyl (C=O) groups is 1. The number of likely N-dealkylation sites (tertiary alicyclic amines) is 1. The summed E-state index contributed by atoms with van der Waals surface area (Å²) in [4.78, 5) is 13.8. The molecule has 0 bridgehead atoms. The van der Waals surface area contributed by atoms with Gasteiger partial charge < -0.3 is 10.0 Å². The number of amides is 1. The topological polar surface area (TPSA) is 40.5 Å². The molecule has 0 radical (unpaired) electrons. The van der Waals surface area contributed by atoms with E-state index in [1.54, 1.807) is 0 Å². The van der Waals surface area contributed by atoms with E-state index >= 15 is 0 Å². The number of carbonyl (C=O) groups excluding carboxylic acids is 1. The molecule has 1 N–H and O–H groups in total. The molecule has 1 rings (SSSR count). The second-order valence-electron chi connectivity index (χ2n) is 4.54. The molecule has 3 heteroatoms. The van der Waals surface area contributed by atoms with Gasteiger partial charge in [0.1, 0.15) is 0 Å². The molecular weight excluding hydrogens is 178 g/mol. The van der Waals surface area contributed by atoms with E-state index in [2.05, 4.69) is 13.8 Å². The number of aliphatic hydroxyl groups is 1. The minimum Gasteiger partial charge on any atom is -0.394 e. The molecule has 0 spiro atoms. The molecule has 3 nitrogen and oxygen atoms in total. The van der Waals surface area contributed by atoms with Crippen LogP contribution < -0.4 is 0 Å². The van der Waals surface area contributed by atoms with Crippen LogP contribution in [0.3, 0.4) is 0 Å². The van der Waals surface area contributed by atoms with Gasteiger partial charge in [0.25, 0.3) is 0 Å². The lowest BCUT2D eigenvalue weighted by molar-refractivity contribution is -0.137. The average molecular weight is 199 g/mol. The Hall–Kier alpha value is -0.570. The molecule has 1 amide bonds. The zero-order valence-corrected chi connectivity index (χ0v) is 9.36. The van der Waals surface area contributed by atoms with Crippen LogP contribution in [0.4, 0.5) is 0 Å². The quantitative estimate of drug-likeness (QED) is 0.743. The monoisotopic (exact) mass is 199 g/mol. The minimum absolute atomic E-state index is 0.0714. The normalized spacial score (nSPS) is 24.4. The molecule has 0 aromatic heterocycles. The zero-order chi connectivity index (χ0) is 10.7. The van der Waals surface area contributed by atoms with Crippen LogP contribution in [0.25, 0.3) is 0 Å². The van der Waals surface area contributed by atoms with Crippen LogP contribution in [0, 0.1) is 11.8 Å². The van der Waals surface area contributed by atoms with E-state index in [1.165, 1.54) is 0 Å². The van der Waals surface area contributed by atoms with Crippen molar-refractivity contribution in [3.8, 4) is 0 Å². The van der Waals surface area contributed by atoms with Crippen molar-refractivity contribution in [2.75, 3.05) is 13.2 Å². The summed E-state index contributed by atoms with van der Waals surface area (Å²) in [6.07, 6.45) is 1.98. The number of aliphatic hydroxyl groups excluding tert-OH is 1. The van der Waals surface area contributed by atoms with Crippen molar-refractivity contribution < 1.29 is 9.90 Å². The van der Waals surface area contributed by atoms with Crippen molar-refractivity contribution in [2.45, 2.75) is 39.7 Å². The van der Waals surface area contributed by atoms with Crippen LogP contribution >= 0.6 is 0 Å². The molecule has 14 heavy (non-hydrogen) atoms. The first kappa shape index (κ1) is 11.5. The third-order valence-corrected chi connectivity index (χ3v) is 3.26. The smallest absolute Gasteiger partial charge is 0.225 e. The molecule has 0 aromatic carbocycles. The third kappa shape index (κ3) is 2.27. The summed E-state index contributed by atoms with van der Waals surface area (Å²) in [6, 6.07) is 0.0729. The molecule has 1 saturated heterocycles. The fourth-order valence-electron chi connectivity index (χ4n) is 1.86. The van der Waals surface area contributed by atoms with Gasteiger partial charge in [0.2, 0.25) is 5.91 Å². The molecule has 1 fully saturated rings. The number of hydrogen-bond donors (Lipinski definition) is 1. The summed E-state index contributed by atoms with van der Waals surface area (Å²) in [5, 5.41) is 9.11. The Bertz CT molecular complexity index is 203. The predicted molar refractivity (Wildman–Crippen MR) is 55.8 cm³/mol. The summed E-state index contributed by atoms with van der Waals surface area (Å²) < 4.78 is 0. The Morgan fingerprint density at radius 2 is 2.14 bits per heavy atom. The van der Waals surface area contributed by atoms with Gasteiger partial charge >= 0.3 is 0 Å². The largest absolute Gasteiger partial charge is 0.394 e. The highest BCUT2D eigenvalue weighted by Crippen LogP contribution is 2.22. The highest BCUT2D eigenvalue weighted by molar-refractivity contribution is 5.79. The number of rotatable bonds is 3. The molecule has 2 unspecified atom stereocenters. The molecule has 0 aromatic rings. The molecule has 2 atom stereocenters. The molecule has 0 saturated carbocycles. The second-order valence-corrected chi connectivity index (χ2v) is 4.54. The van der Waals surface area contributed by atoms with Crippen LogP contribution in [-0.2, 0) is 4.79 Å². The highest BCUT2D eigenvalue weighted by atomic mass is 16.3. The molecule has 82 valence electrons. The summed E-state index contributed by atoms with van der Waals surface area (Å²) >= 11 is 0. The third-order valence-electron chi connectivity index (χ3n) is 3.26. The lowest BCUT2D eigenvalue weighted by Gasteiger charge is -2.27. The van der Waals surface area contributed by atoms with Crippen LogP contribution in [0.2, 0.25) is 0 Å². The maximum absolute atomic E-state index is 12.0. The Morgan fingerprint density at radius 3 is 2.64 bits per heavy atom. The summed E-state index contributed by atoms with van der Waals surface area (Å²) in [7, 11) is 0. The van der Waals surface area contributed by atoms with Crippen molar-refractivity contribution in [1.82, 2.24) is 4.90 Å². The van der Waals surface area contributed by atoms with E-state index < -0.39 is 0 Å². The van der Waals surface area contributed by atoms with Gasteiger partial charge in [-0.15, -0.1) is 0 Å². The van der Waals surface area contributed by atoms with Crippen LogP contribution in [0.5, 0.6) is 0 Å². The van der Waals surface area contributed by atoms with E-state index in [1.807, 2.05) is 11.8 Å². The lowest BCUT2D eigenvalue weighted by atomic mass is 9.96. The maximum Gasteiger partial charge on any atom is 0.225 e. The standard InChI is InChI=1S/C11H21NO2/c1-8(2)9(3)11(14)12-6-4-5-10(12)7-13/h8-10,13H,4-7H2,1-3H3. The van der Waals surface area contributed by atoms with Crippen molar-refractivity contribution in [2.24, 2.45) is 11.8 Å². The van der Waals surface area contributed by atoms with Gasteiger partial charge in [0.05, 0.1) is 12.6 Å². The summed E-state index contributed by atoms with van der Waals surface area (Å²) in [6.45, 7) is 7.02.